The molecule has 1 fully saturated rings. The summed E-state index contributed by atoms with van der Waals surface area (Å²) < 4.78 is 6.89. The van der Waals surface area contributed by atoms with E-state index in [-0.39, 0.29) is 5.97 Å². The fraction of sp³-hybridized carbons (Fsp3) is 0.167. The summed E-state index contributed by atoms with van der Waals surface area (Å²) >= 11 is 0. The van der Waals surface area contributed by atoms with E-state index in [9.17, 15) is 4.79 Å². The standard InChI is InChI=1S/C36H32N6O2/c1-44-33(43)20-24-7-5-8-25(19-24)21-41-22-28(23-41)26-12-14-29(15-13-26)42-35(30-11-6-18-38-34(30)37)40-32-17-16-31(39-36(32)42)27-9-3-2-4-10-27/h2-19,28H,20-23H2,1H3,(H2,37,38). The first-order valence-electron chi connectivity index (χ1n) is 14.7. The van der Waals surface area contributed by atoms with E-state index in [0.29, 0.717) is 24.0 Å². The van der Waals surface area contributed by atoms with E-state index in [0.717, 1.165) is 58.9 Å². The van der Waals surface area contributed by atoms with Crippen LogP contribution in [0.3, 0.4) is 0 Å². The number of likely N-dealkylation sites (tertiary alicyclic amines) is 1. The van der Waals surface area contributed by atoms with Crippen molar-refractivity contribution in [3.8, 4) is 28.3 Å². The number of rotatable bonds is 8. The second-order valence-corrected chi connectivity index (χ2v) is 11.2. The van der Waals surface area contributed by atoms with Crippen LogP contribution in [0.4, 0.5) is 5.82 Å². The van der Waals surface area contributed by atoms with Gasteiger partial charge in [0.05, 0.1) is 24.8 Å². The number of ether oxygens (including phenoxy) is 1. The maximum absolute atomic E-state index is 11.7. The van der Waals surface area contributed by atoms with E-state index in [1.54, 1.807) is 6.20 Å². The topological polar surface area (TPSA) is 99.2 Å². The fourth-order valence-corrected chi connectivity index (χ4v) is 5.90. The molecule has 0 radical (unpaired) electrons. The van der Waals surface area contributed by atoms with Crippen LogP contribution in [-0.4, -0.2) is 50.6 Å². The molecule has 0 saturated carbocycles. The number of anilines is 1. The summed E-state index contributed by atoms with van der Waals surface area (Å²) in [4.78, 5) is 28.5. The number of imidazole rings is 1. The molecule has 3 aromatic carbocycles. The van der Waals surface area contributed by atoms with Crippen LogP contribution in [0.1, 0.15) is 22.6 Å². The Labute approximate surface area is 255 Å². The summed E-state index contributed by atoms with van der Waals surface area (Å²) in [6.45, 7) is 2.82. The zero-order chi connectivity index (χ0) is 30.0. The number of pyridine rings is 2. The second kappa shape index (κ2) is 11.7. The number of hydrogen-bond acceptors (Lipinski definition) is 7. The highest BCUT2D eigenvalue weighted by Crippen LogP contribution is 2.33. The number of carbonyl (C=O) groups excluding carboxylic acids is 1. The van der Waals surface area contributed by atoms with Crippen LogP contribution in [0.5, 0.6) is 0 Å². The molecule has 0 bridgehead atoms. The van der Waals surface area contributed by atoms with Crippen LogP contribution in [0.25, 0.3) is 39.5 Å². The number of nitrogens with zero attached hydrogens (tertiary/aromatic N) is 5. The fourth-order valence-electron chi connectivity index (χ4n) is 5.90. The van der Waals surface area contributed by atoms with Crippen molar-refractivity contribution < 1.29 is 9.53 Å². The van der Waals surface area contributed by atoms with Crippen LogP contribution in [0, 0.1) is 0 Å². The molecule has 3 aromatic heterocycles. The largest absolute Gasteiger partial charge is 0.469 e. The van der Waals surface area contributed by atoms with Crippen molar-refractivity contribution >= 4 is 23.0 Å². The zero-order valence-electron chi connectivity index (χ0n) is 24.4. The summed E-state index contributed by atoms with van der Waals surface area (Å²) in [6, 6.07) is 34.9. The first-order valence-corrected chi connectivity index (χ1v) is 14.7. The number of nitrogens with two attached hydrogens (primary N) is 1. The number of fused-ring (bicyclic) bond motifs is 1. The molecule has 8 nitrogen and oxygen atoms in total. The third-order valence-electron chi connectivity index (χ3n) is 8.21. The average molecular weight is 581 g/mol. The first kappa shape index (κ1) is 27.5. The molecule has 218 valence electrons. The molecule has 0 unspecified atom stereocenters. The van der Waals surface area contributed by atoms with Crippen molar-refractivity contribution in [2.45, 2.75) is 18.9 Å². The van der Waals surface area contributed by atoms with Gasteiger partial charge in [-0.05, 0) is 53.1 Å². The number of benzene rings is 3. The Bertz CT molecular complexity index is 1950. The molecular weight excluding hydrogens is 548 g/mol. The predicted octanol–water partition coefficient (Wildman–Crippen LogP) is 6.05. The Kier molecular flexibility index (Phi) is 7.33. The number of aromatic nitrogens is 4. The lowest BCUT2D eigenvalue weighted by atomic mass is 9.90. The summed E-state index contributed by atoms with van der Waals surface area (Å²) in [6.07, 6.45) is 1.98. The van der Waals surface area contributed by atoms with E-state index < -0.39 is 0 Å². The molecule has 7 rings (SSSR count). The van der Waals surface area contributed by atoms with Crippen molar-refractivity contribution in [3.05, 3.63) is 126 Å². The van der Waals surface area contributed by atoms with Gasteiger partial charge in [0.1, 0.15) is 11.3 Å². The highest BCUT2D eigenvalue weighted by atomic mass is 16.5. The third kappa shape index (κ3) is 5.43. The minimum atomic E-state index is -0.221. The quantitative estimate of drug-likeness (QED) is 0.219. The van der Waals surface area contributed by atoms with Gasteiger partial charge >= 0.3 is 5.97 Å². The summed E-state index contributed by atoms with van der Waals surface area (Å²) in [7, 11) is 1.42. The van der Waals surface area contributed by atoms with E-state index in [2.05, 4.69) is 63.0 Å². The molecule has 2 N–H and O–H groups in total. The first-order chi connectivity index (χ1) is 21.6. The normalized spacial score (nSPS) is 13.6. The summed E-state index contributed by atoms with van der Waals surface area (Å²) in [5.41, 5.74) is 15.0. The number of methoxy groups -OCH3 is 1. The molecule has 0 spiro atoms. The third-order valence-corrected chi connectivity index (χ3v) is 8.21. The molecule has 6 aromatic rings. The predicted molar refractivity (Wildman–Crippen MR) is 172 cm³/mol. The number of hydrogen-bond donors (Lipinski definition) is 1. The lowest BCUT2D eigenvalue weighted by Crippen LogP contribution is -2.44. The molecule has 8 heteroatoms. The van der Waals surface area contributed by atoms with Crippen LogP contribution >= 0.6 is 0 Å². The molecule has 4 heterocycles. The van der Waals surface area contributed by atoms with Gasteiger partial charge in [0, 0.05) is 43.0 Å². The van der Waals surface area contributed by atoms with Gasteiger partial charge in [0.2, 0.25) is 0 Å². The monoisotopic (exact) mass is 580 g/mol. The van der Waals surface area contributed by atoms with Gasteiger partial charge in [-0.25, -0.2) is 15.0 Å². The van der Waals surface area contributed by atoms with Crippen LogP contribution in [0.2, 0.25) is 0 Å². The highest BCUT2D eigenvalue weighted by Gasteiger charge is 2.28. The Morgan fingerprint density at radius 3 is 2.45 bits per heavy atom. The lowest BCUT2D eigenvalue weighted by molar-refractivity contribution is -0.139. The minimum Gasteiger partial charge on any atom is -0.469 e. The van der Waals surface area contributed by atoms with Crippen molar-refractivity contribution in [1.29, 1.82) is 0 Å². The van der Waals surface area contributed by atoms with E-state index in [1.165, 1.54) is 18.2 Å². The van der Waals surface area contributed by atoms with Crippen LogP contribution in [0.15, 0.2) is 109 Å². The van der Waals surface area contributed by atoms with Gasteiger partial charge in [0.15, 0.2) is 11.5 Å². The van der Waals surface area contributed by atoms with Gasteiger partial charge in [0.25, 0.3) is 0 Å². The Morgan fingerprint density at radius 1 is 0.886 bits per heavy atom. The SMILES string of the molecule is COC(=O)Cc1cccc(CN2CC(c3ccc(-n4c(-c5cccnc5N)nc5ccc(-c6ccccc6)nc54)cc3)C2)c1. The number of esters is 1. The Morgan fingerprint density at radius 2 is 1.68 bits per heavy atom. The van der Waals surface area contributed by atoms with Crippen molar-refractivity contribution in [1.82, 2.24) is 24.4 Å². The van der Waals surface area contributed by atoms with Gasteiger partial charge in [-0.15, -0.1) is 0 Å². The highest BCUT2D eigenvalue weighted by molar-refractivity contribution is 5.84. The Balaban J connectivity index is 1.15. The number of carbonyl (C=O) groups is 1. The zero-order valence-corrected chi connectivity index (χ0v) is 24.4. The molecule has 0 amide bonds. The van der Waals surface area contributed by atoms with Crippen molar-refractivity contribution in [3.63, 3.8) is 0 Å². The van der Waals surface area contributed by atoms with E-state index in [4.69, 9.17) is 20.4 Å². The van der Waals surface area contributed by atoms with Crippen LogP contribution < -0.4 is 5.73 Å². The summed E-state index contributed by atoms with van der Waals surface area (Å²) in [5.74, 6) is 1.37. The molecule has 1 aliphatic rings. The van der Waals surface area contributed by atoms with Crippen molar-refractivity contribution in [2.24, 2.45) is 0 Å². The van der Waals surface area contributed by atoms with E-state index >= 15 is 0 Å². The van der Waals surface area contributed by atoms with Gasteiger partial charge in [-0.1, -0.05) is 66.7 Å². The van der Waals surface area contributed by atoms with Gasteiger partial charge in [-0.3, -0.25) is 14.3 Å². The molecule has 0 aliphatic carbocycles. The molecule has 44 heavy (non-hydrogen) atoms. The molecule has 1 saturated heterocycles. The second-order valence-electron chi connectivity index (χ2n) is 11.2. The van der Waals surface area contributed by atoms with Gasteiger partial charge < -0.3 is 10.5 Å². The minimum absolute atomic E-state index is 0.221. The molecule has 0 atom stereocenters. The van der Waals surface area contributed by atoms with Crippen molar-refractivity contribution in [2.75, 3.05) is 25.9 Å². The number of nitrogen functional groups attached to an aromatic ring is 1. The van der Waals surface area contributed by atoms with Gasteiger partial charge in [-0.2, -0.15) is 0 Å². The maximum atomic E-state index is 11.7. The molecular formula is C36H32N6O2. The van der Waals surface area contributed by atoms with E-state index in [1.807, 2.05) is 54.6 Å². The van der Waals surface area contributed by atoms with Crippen LogP contribution in [-0.2, 0) is 22.5 Å². The summed E-state index contributed by atoms with van der Waals surface area (Å²) in [5, 5.41) is 0. The Hall–Kier alpha value is -5.34. The smallest absolute Gasteiger partial charge is 0.309 e. The maximum Gasteiger partial charge on any atom is 0.309 e. The lowest BCUT2D eigenvalue weighted by Gasteiger charge is -2.39. The molecule has 1 aliphatic heterocycles. The average Bonchev–Trinajstić information content (AvgIpc) is 3.42.